The Labute approximate surface area is 166 Å². The highest BCUT2D eigenvalue weighted by Crippen LogP contribution is 2.28. The molecule has 1 saturated heterocycles. The highest BCUT2D eigenvalue weighted by molar-refractivity contribution is 7.71. The van der Waals surface area contributed by atoms with Gasteiger partial charge in [0.05, 0.1) is 16.8 Å². The lowest BCUT2D eigenvalue weighted by molar-refractivity contribution is -0.941. The van der Waals surface area contributed by atoms with Gasteiger partial charge in [-0.25, -0.2) is 9.67 Å². The van der Waals surface area contributed by atoms with Crippen LogP contribution in [-0.2, 0) is 6.67 Å². The van der Waals surface area contributed by atoms with E-state index in [0.29, 0.717) is 10.8 Å². The molecular formula is C20H20N5S2+. The number of quaternary nitrogens is 1. The number of para-hydroxylation sites is 1. The number of nitrogens with one attached hydrogen (secondary N) is 2. The highest BCUT2D eigenvalue weighted by atomic mass is 32.1. The molecule has 136 valence electrons. The fourth-order valence-electron chi connectivity index (χ4n) is 3.83. The first kappa shape index (κ1) is 16.8. The van der Waals surface area contributed by atoms with Crippen LogP contribution < -0.4 is 4.90 Å². The van der Waals surface area contributed by atoms with E-state index >= 15 is 0 Å². The molecule has 2 aromatic heterocycles. The Bertz CT molecular complexity index is 1090. The van der Waals surface area contributed by atoms with Crippen LogP contribution in [0.3, 0.4) is 0 Å². The smallest absolute Gasteiger partial charge is 0.221 e. The third-order valence-corrected chi connectivity index (χ3v) is 6.64. The third kappa shape index (κ3) is 3.22. The quantitative estimate of drug-likeness (QED) is 0.520. The number of nitrogens with zero attached hydrogens (tertiary/aromatic N) is 3. The summed E-state index contributed by atoms with van der Waals surface area (Å²) in [6.07, 6.45) is 2.38. The predicted octanol–water partition coefficient (Wildman–Crippen LogP) is 3.59. The molecule has 2 aromatic carbocycles. The summed E-state index contributed by atoms with van der Waals surface area (Å²) in [7, 11) is 0. The first-order chi connectivity index (χ1) is 13.3. The Morgan fingerprint density at radius 3 is 2.78 bits per heavy atom. The molecule has 1 aliphatic rings. The molecule has 2 N–H and O–H groups in total. The minimum atomic E-state index is 0.424. The molecule has 0 bridgehead atoms. The number of rotatable bonds is 4. The van der Waals surface area contributed by atoms with E-state index in [9.17, 15) is 0 Å². The topological polar surface area (TPSA) is 50.9 Å². The van der Waals surface area contributed by atoms with Crippen molar-refractivity contribution in [2.24, 2.45) is 0 Å². The van der Waals surface area contributed by atoms with Gasteiger partial charge < -0.3 is 4.90 Å². The molecule has 1 aliphatic heterocycles. The first-order valence-corrected chi connectivity index (χ1v) is 10.4. The summed E-state index contributed by atoms with van der Waals surface area (Å²) in [4.78, 5) is 10.9. The predicted molar refractivity (Wildman–Crippen MR) is 110 cm³/mol. The van der Waals surface area contributed by atoms with Gasteiger partial charge in [-0.2, -0.15) is 4.98 Å². The maximum absolute atomic E-state index is 5.51. The van der Waals surface area contributed by atoms with Crippen molar-refractivity contribution in [3.05, 3.63) is 64.4 Å². The fourth-order valence-corrected chi connectivity index (χ4v) is 5.19. The molecule has 7 heteroatoms. The normalized spacial score (nSPS) is 19.7. The van der Waals surface area contributed by atoms with Crippen LogP contribution in [0.2, 0.25) is 0 Å². The molecule has 3 heterocycles. The Balaban J connectivity index is 1.41. The van der Waals surface area contributed by atoms with Gasteiger partial charge in [0, 0.05) is 18.4 Å². The van der Waals surface area contributed by atoms with Crippen molar-refractivity contribution in [2.45, 2.75) is 25.6 Å². The maximum Gasteiger partial charge on any atom is 0.221 e. The Morgan fingerprint density at radius 1 is 1.11 bits per heavy atom. The van der Waals surface area contributed by atoms with Crippen molar-refractivity contribution in [3.63, 3.8) is 0 Å². The number of hydrogen-bond acceptors (Lipinski definition) is 4. The molecule has 1 fully saturated rings. The van der Waals surface area contributed by atoms with E-state index in [1.165, 1.54) is 27.4 Å². The van der Waals surface area contributed by atoms with Crippen LogP contribution in [0, 0.1) is 4.77 Å². The fraction of sp³-hybridized carbons (Fsp3) is 0.250. The van der Waals surface area contributed by atoms with Crippen molar-refractivity contribution in [1.82, 2.24) is 19.7 Å². The lowest BCUT2D eigenvalue weighted by Crippen LogP contribution is -3.09. The van der Waals surface area contributed by atoms with Gasteiger partial charge in [-0.1, -0.05) is 42.5 Å². The van der Waals surface area contributed by atoms with Crippen LogP contribution in [0.1, 0.15) is 23.9 Å². The lowest BCUT2D eigenvalue weighted by Gasteiger charge is -2.19. The van der Waals surface area contributed by atoms with Crippen LogP contribution in [0.4, 0.5) is 0 Å². The van der Waals surface area contributed by atoms with Crippen LogP contribution in [-0.4, -0.2) is 26.3 Å². The van der Waals surface area contributed by atoms with Gasteiger partial charge >= 0.3 is 0 Å². The van der Waals surface area contributed by atoms with Crippen molar-refractivity contribution in [1.29, 1.82) is 0 Å². The largest absolute Gasteiger partial charge is 0.308 e. The SMILES string of the molecule is S=c1nc(-c2ccccc2)[nH]n1C[NH+]1CCC[C@@H]1c1nc2ccccc2s1. The molecule has 1 unspecified atom stereocenters. The van der Waals surface area contributed by atoms with Gasteiger partial charge in [0.2, 0.25) is 4.77 Å². The summed E-state index contributed by atoms with van der Waals surface area (Å²) in [6.45, 7) is 1.92. The summed E-state index contributed by atoms with van der Waals surface area (Å²) in [6, 6.07) is 18.9. The summed E-state index contributed by atoms with van der Waals surface area (Å²) in [5.41, 5.74) is 2.16. The zero-order chi connectivity index (χ0) is 18.2. The number of likely N-dealkylation sites (tertiary alicyclic amines) is 1. The van der Waals surface area contributed by atoms with E-state index in [4.69, 9.17) is 17.2 Å². The van der Waals surface area contributed by atoms with Gasteiger partial charge in [-0.05, 0) is 24.4 Å². The number of benzene rings is 2. The second kappa shape index (κ2) is 6.99. The Morgan fingerprint density at radius 2 is 1.93 bits per heavy atom. The van der Waals surface area contributed by atoms with E-state index in [0.717, 1.165) is 30.1 Å². The maximum atomic E-state index is 5.51. The standard InChI is InChI=1S/C20H19N5S2/c26-20-22-18(14-7-2-1-3-8-14)23-25(20)13-24-12-6-10-16(24)19-21-15-9-4-5-11-17(15)27-19/h1-5,7-9,11,16H,6,10,12-13H2,(H,22,23,26)/p+1/t16-/m1/s1. The minimum Gasteiger partial charge on any atom is -0.308 e. The average molecular weight is 395 g/mol. The summed E-state index contributed by atoms with van der Waals surface area (Å²) >= 11 is 7.33. The lowest BCUT2D eigenvalue weighted by atomic mass is 10.2. The van der Waals surface area contributed by atoms with Gasteiger partial charge in [-0.15, -0.1) is 11.3 Å². The minimum absolute atomic E-state index is 0.424. The van der Waals surface area contributed by atoms with Crippen LogP contribution in [0.5, 0.6) is 0 Å². The number of thiazole rings is 1. The number of H-pyrrole nitrogens is 1. The second-order valence-electron chi connectivity index (χ2n) is 6.93. The van der Waals surface area contributed by atoms with Gasteiger partial charge in [0.15, 0.2) is 17.5 Å². The molecule has 27 heavy (non-hydrogen) atoms. The molecule has 0 amide bonds. The summed E-state index contributed by atoms with van der Waals surface area (Å²) < 4.78 is 3.87. The second-order valence-corrected chi connectivity index (χ2v) is 8.36. The van der Waals surface area contributed by atoms with E-state index in [2.05, 4.69) is 34.3 Å². The monoisotopic (exact) mass is 394 g/mol. The molecule has 0 radical (unpaired) electrons. The first-order valence-electron chi connectivity index (χ1n) is 9.20. The molecule has 2 atom stereocenters. The molecule has 5 nitrogen and oxygen atoms in total. The number of aromatic nitrogens is 4. The molecule has 4 aromatic rings. The molecule has 5 rings (SSSR count). The van der Waals surface area contributed by atoms with Crippen molar-refractivity contribution < 1.29 is 4.90 Å². The van der Waals surface area contributed by atoms with Crippen molar-refractivity contribution >= 4 is 33.8 Å². The molecule has 0 aliphatic carbocycles. The van der Waals surface area contributed by atoms with E-state index in [-0.39, 0.29) is 0 Å². The highest BCUT2D eigenvalue weighted by Gasteiger charge is 2.33. The average Bonchev–Trinajstić information content (AvgIpc) is 3.41. The van der Waals surface area contributed by atoms with E-state index in [1.807, 2.05) is 46.4 Å². The van der Waals surface area contributed by atoms with Crippen LogP contribution >= 0.6 is 23.6 Å². The van der Waals surface area contributed by atoms with Crippen LogP contribution in [0.25, 0.3) is 21.6 Å². The van der Waals surface area contributed by atoms with E-state index < -0.39 is 0 Å². The molecule has 0 spiro atoms. The molecular weight excluding hydrogens is 374 g/mol. The zero-order valence-electron chi connectivity index (χ0n) is 14.8. The van der Waals surface area contributed by atoms with E-state index in [1.54, 1.807) is 0 Å². The van der Waals surface area contributed by atoms with Crippen molar-refractivity contribution in [3.8, 4) is 11.4 Å². The Hall–Kier alpha value is -2.35. The number of fused-ring (bicyclic) bond motifs is 1. The number of hydrogen-bond donors (Lipinski definition) is 2. The Kier molecular flexibility index (Phi) is 4.35. The third-order valence-electron chi connectivity index (χ3n) is 5.18. The zero-order valence-corrected chi connectivity index (χ0v) is 16.4. The summed E-state index contributed by atoms with van der Waals surface area (Å²) in [5.74, 6) is 0.829. The summed E-state index contributed by atoms with van der Waals surface area (Å²) in [5, 5.41) is 4.62. The number of aromatic amines is 1. The van der Waals surface area contributed by atoms with Crippen LogP contribution in [0.15, 0.2) is 54.6 Å². The van der Waals surface area contributed by atoms with Gasteiger partial charge in [0.1, 0.15) is 6.04 Å². The molecule has 0 saturated carbocycles. The van der Waals surface area contributed by atoms with Crippen molar-refractivity contribution in [2.75, 3.05) is 6.54 Å². The van der Waals surface area contributed by atoms with Gasteiger partial charge in [0.25, 0.3) is 0 Å². The van der Waals surface area contributed by atoms with Gasteiger partial charge in [-0.3, -0.25) is 5.10 Å².